The zero-order valence-electron chi connectivity index (χ0n) is 12.8. The first-order valence-corrected chi connectivity index (χ1v) is 7.44. The third kappa shape index (κ3) is 2.77. The molecule has 1 saturated carbocycles. The van der Waals surface area contributed by atoms with Crippen LogP contribution in [0.3, 0.4) is 0 Å². The van der Waals surface area contributed by atoms with Crippen molar-refractivity contribution in [3.63, 3.8) is 0 Å². The Morgan fingerprint density at radius 1 is 1.60 bits per heavy atom. The van der Waals surface area contributed by atoms with Crippen LogP contribution in [0.4, 0.5) is 0 Å². The molecule has 5 heteroatoms. The fourth-order valence-corrected chi connectivity index (χ4v) is 3.02. The average Bonchev–Trinajstić information content (AvgIpc) is 2.95. The van der Waals surface area contributed by atoms with Gasteiger partial charge < -0.3 is 9.26 Å². The third-order valence-corrected chi connectivity index (χ3v) is 4.40. The van der Waals surface area contributed by atoms with Gasteiger partial charge in [0.15, 0.2) is 0 Å². The van der Waals surface area contributed by atoms with Crippen LogP contribution in [0.2, 0.25) is 0 Å². The van der Waals surface area contributed by atoms with E-state index in [4.69, 9.17) is 9.26 Å². The zero-order valence-corrected chi connectivity index (χ0v) is 12.8. The molecule has 112 valence electrons. The standard InChI is InChI=1S/C15H24N2O3/c1-5-12(18)11(3)13-16-14(17-20-13)15(19-4)8-6-7-10(2)9-15/h10-11H,5-9H2,1-4H3. The summed E-state index contributed by atoms with van der Waals surface area (Å²) in [6.45, 7) is 5.87. The highest BCUT2D eigenvalue weighted by atomic mass is 16.5. The van der Waals surface area contributed by atoms with E-state index in [0.717, 1.165) is 19.3 Å². The smallest absolute Gasteiger partial charge is 0.237 e. The monoisotopic (exact) mass is 280 g/mol. The summed E-state index contributed by atoms with van der Waals surface area (Å²) < 4.78 is 11.0. The molecule has 0 saturated heterocycles. The second-order valence-corrected chi connectivity index (χ2v) is 5.90. The number of nitrogens with zero attached hydrogens (tertiary/aromatic N) is 2. The Bertz CT molecular complexity index is 471. The summed E-state index contributed by atoms with van der Waals surface area (Å²) in [5, 5.41) is 4.09. The molecule has 2 rings (SSSR count). The molecule has 5 nitrogen and oxygen atoms in total. The summed E-state index contributed by atoms with van der Waals surface area (Å²) in [4.78, 5) is 16.2. The van der Waals surface area contributed by atoms with Gasteiger partial charge in [0.25, 0.3) is 0 Å². The Hall–Kier alpha value is -1.23. The number of aromatic nitrogens is 2. The van der Waals surface area contributed by atoms with Crippen molar-refractivity contribution in [3.05, 3.63) is 11.7 Å². The van der Waals surface area contributed by atoms with Gasteiger partial charge in [-0.05, 0) is 32.1 Å². The predicted molar refractivity (Wildman–Crippen MR) is 74.3 cm³/mol. The van der Waals surface area contributed by atoms with Crippen molar-refractivity contribution in [2.24, 2.45) is 5.92 Å². The lowest BCUT2D eigenvalue weighted by Crippen LogP contribution is -2.35. The molecular weight excluding hydrogens is 256 g/mol. The zero-order chi connectivity index (χ0) is 14.8. The highest BCUT2D eigenvalue weighted by Crippen LogP contribution is 2.41. The van der Waals surface area contributed by atoms with Crippen LogP contribution in [-0.4, -0.2) is 23.0 Å². The minimum atomic E-state index is -0.450. The molecule has 0 radical (unpaired) electrons. The minimum absolute atomic E-state index is 0.115. The summed E-state index contributed by atoms with van der Waals surface area (Å²) in [5.41, 5.74) is -0.450. The van der Waals surface area contributed by atoms with Crippen LogP contribution in [0.5, 0.6) is 0 Å². The summed E-state index contributed by atoms with van der Waals surface area (Å²) in [6, 6.07) is 0. The Labute approximate surface area is 120 Å². The van der Waals surface area contributed by atoms with Gasteiger partial charge in [0.1, 0.15) is 11.4 Å². The molecule has 3 atom stereocenters. The van der Waals surface area contributed by atoms with Crippen molar-refractivity contribution in [1.29, 1.82) is 0 Å². The van der Waals surface area contributed by atoms with Gasteiger partial charge in [-0.1, -0.05) is 25.4 Å². The maximum Gasteiger partial charge on any atom is 0.237 e. The molecule has 0 bridgehead atoms. The molecule has 0 N–H and O–H groups in total. The first kappa shape index (κ1) is 15.2. The van der Waals surface area contributed by atoms with E-state index in [1.807, 2.05) is 13.8 Å². The van der Waals surface area contributed by atoms with Gasteiger partial charge in [0.05, 0.1) is 5.92 Å². The van der Waals surface area contributed by atoms with E-state index in [1.54, 1.807) is 7.11 Å². The number of hydrogen-bond acceptors (Lipinski definition) is 5. The van der Waals surface area contributed by atoms with Crippen molar-refractivity contribution in [3.8, 4) is 0 Å². The van der Waals surface area contributed by atoms with Gasteiger partial charge in [-0.15, -0.1) is 0 Å². The van der Waals surface area contributed by atoms with Gasteiger partial charge >= 0.3 is 0 Å². The first-order valence-electron chi connectivity index (χ1n) is 7.44. The van der Waals surface area contributed by atoms with Gasteiger partial charge in [0, 0.05) is 13.5 Å². The van der Waals surface area contributed by atoms with Crippen molar-refractivity contribution in [2.45, 2.75) is 64.4 Å². The topological polar surface area (TPSA) is 65.2 Å². The second kappa shape index (κ2) is 6.04. The lowest BCUT2D eigenvalue weighted by molar-refractivity contribution is -0.120. The van der Waals surface area contributed by atoms with Gasteiger partial charge in [-0.25, -0.2) is 0 Å². The van der Waals surface area contributed by atoms with Crippen LogP contribution < -0.4 is 0 Å². The predicted octanol–water partition coefficient (Wildman–Crippen LogP) is 3.20. The molecule has 0 aromatic carbocycles. The van der Waals surface area contributed by atoms with Crippen LogP contribution in [0.25, 0.3) is 0 Å². The Morgan fingerprint density at radius 3 is 2.95 bits per heavy atom. The molecule has 3 unspecified atom stereocenters. The fraction of sp³-hybridized carbons (Fsp3) is 0.800. The molecule has 1 heterocycles. The number of Topliss-reactive ketones (excluding diaryl/α,β-unsaturated/α-hetero) is 1. The van der Waals surface area contributed by atoms with E-state index in [9.17, 15) is 4.79 Å². The van der Waals surface area contributed by atoms with E-state index >= 15 is 0 Å². The number of carbonyl (C=O) groups excluding carboxylic acids is 1. The molecule has 1 aliphatic carbocycles. The normalized spacial score (nSPS) is 28.3. The molecule has 0 aliphatic heterocycles. The van der Waals surface area contributed by atoms with E-state index in [0.29, 0.717) is 24.1 Å². The number of hydrogen-bond donors (Lipinski definition) is 0. The Kier molecular flexibility index (Phi) is 4.58. The van der Waals surface area contributed by atoms with Crippen molar-refractivity contribution in [1.82, 2.24) is 10.1 Å². The molecule has 0 amide bonds. The number of ketones is 1. The quantitative estimate of drug-likeness (QED) is 0.828. The SMILES string of the molecule is CCC(=O)C(C)c1nc(C2(OC)CCCC(C)C2)no1. The van der Waals surface area contributed by atoms with Gasteiger partial charge in [0.2, 0.25) is 11.7 Å². The van der Waals surface area contributed by atoms with Crippen molar-refractivity contribution < 1.29 is 14.1 Å². The van der Waals surface area contributed by atoms with Crippen LogP contribution >= 0.6 is 0 Å². The van der Waals surface area contributed by atoms with E-state index < -0.39 is 5.60 Å². The summed E-state index contributed by atoms with van der Waals surface area (Å²) in [7, 11) is 1.70. The lowest BCUT2D eigenvalue weighted by atomic mass is 9.78. The van der Waals surface area contributed by atoms with E-state index in [2.05, 4.69) is 17.1 Å². The second-order valence-electron chi connectivity index (χ2n) is 5.90. The molecule has 0 spiro atoms. The summed E-state index contributed by atoms with van der Waals surface area (Å²) in [6.07, 6.45) is 4.59. The Morgan fingerprint density at radius 2 is 2.35 bits per heavy atom. The molecular formula is C15H24N2O3. The Balaban J connectivity index is 2.24. The molecule has 1 aromatic heterocycles. The first-order chi connectivity index (χ1) is 9.52. The number of rotatable bonds is 5. The minimum Gasteiger partial charge on any atom is -0.370 e. The average molecular weight is 280 g/mol. The van der Waals surface area contributed by atoms with Crippen LogP contribution in [0.1, 0.15) is 70.5 Å². The summed E-state index contributed by atoms with van der Waals surface area (Å²) in [5.74, 6) is 1.36. The van der Waals surface area contributed by atoms with Crippen LogP contribution in [-0.2, 0) is 15.1 Å². The number of ether oxygens (including phenoxy) is 1. The van der Waals surface area contributed by atoms with E-state index in [1.165, 1.54) is 6.42 Å². The van der Waals surface area contributed by atoms with Crippen LogP contribution in [0, 0.1) is 5.92 Å². The molecule has 1 aliphatic rings. The third-order valence-electron chi connectivity index (χ3n) is 4.40. The van der Waals surface area contributed by atoms with Crippen molar-refractivity contribution >= 4 is 5.78 Å². The largest absolute Gasteiger partial charge is 0.370 e. The maximum absolute atomic E-state index is 11.7. The van der Waals surface area contributed by atoms with Gasteiger partial charge in [-0.3, -0.25) is 4.79 Å². The summed E-state index contributed by atoms with van der Waals surface area (Å²) >= 11 is 0. The molecule has 1 fully saturated rings. The number of methoxy groups -OCH3 is 1. The molecule has 1 aromatic rings. The van der Waals surface area contributed by atoms with Crippen LogP contribution in [0.15, 0.2) is 4.52 Å². The van der Waals surface area contributed by atoms with E-state index in [-0.39, 0.29) is 11.7 Å². The van der Waals surface area contributed by atoms with Crippen molar-refractivity contribution in [2.75, 3.05) is 7.11 Å². The van der Waals surface area contributed by atoms with Gasteiger partial charge in [-0.2, -0.15) is 4.98 Å². The highest BCUT2D eigenvalue weighted by molar-refractivity contribution is 5.83. The fourth-order valence-electron chi connectivity index (χ4n) is 3.02. The number of carbonyl (C=O) groups is 1. The lowest BCUT2D eigenvalue weighted by Gasteiger charge is -2.36. The molecule has 20 heavy (non-hydrogen) atoms. The highest BCUT2D eigenvalue weighted by Gasteiger charge is 2.41. The maximum atomic E-state index is 11.7.